The van der Waals surface area contributed by atoms with E-state index in [2.05, 4.69) is 26.2 Å². The monoisotopic (exact) mass is 301 g/mol. The summed E-state index contributed by atoms with van der Waals surface area (Å²) < 4.78 is 2.17. The molecule has 1 unspecified atom stereocenters. The molecule has 4 nitrogen and oxygen atoms in total. The summed E-state index contributed by atoms with van der Waals surface area (Å²) in [6.45, 7) is 4.04. The third kappa shape index (κ3) is 1.92. The Morgan fingerprint density at radius 1 is 1.50 bits per heavy atom. The molecule has 0 aliphatic rings. The molecule has 1 N–H and O–H groups in total. The van der Waals surface area contributed by atoms with Crippen LogP contribution >= 0.6 is 27.3 Å². The van der Waals surface area contributed by atoms with E-state index in [4.69, 9.17) is 0 Å². The highest BCUT2D eigenvalue weighted by atomic mass is 79.9. The zero-order valence-electron chi connectivity index (χ0n) is 9.23. The van der Waals surface area contributed by atoms with Gasteiger partial charge in [0.05, 0.1) is 0 Å². The quantitative estimate of drug-likeness (QED) is 0.926. The first-order valence-corrected chi connectivity index (χ1v) is 6.41. The fourth-order valence-corrected chi connectivity index (χ4v) is 3.20. The molecule has 0 aromatic carbocycles. The largest absolute Gasteiger partial charge is 0.382 e. The van der Waals surface area contributed by atoms with E-state index in [1.807, 2.05) is 19.9 Å². The molecule has 0 aliphatic carbocycles. The van der Waals surface area contributed by atoms with Crippen LogP contribution in [-0.2, 0) is 7.05 Å². The summed E-state index contributed by atoms with van der Waals surface area (Å²) in [4.78, 5) is 2.32. The lowest BCUT2D eigenvalue weighted by Gasteiger charge is -2.10. The molecule has 1 atom stereocenters. The number of rotatable bonds is 2. The molecule has 2 aromatic heterocycles. The number of nitrogens with zero attached hydrogens (tertiary/aromatic N) is 3. The van der Waals surface area contributed by atoms with E-state index in [-0.39, 0.29) is 0 Å². The first-order chi connectivity index (χ1) is 7.50. The van der Waals surface area contributed by atoms with Gasteiger partial charge in [0.1, 0.15) is 11.8 Å². The van der Waals surface area contributed by atoms with Crippen molar-refractivity contribution >= 4 is 27.3 Å². The summed E-state index contributed by atoms with van der Waals surface area (Å²) in [5.74, 6) is 0. The van der Waals surface area contributed by atoms with Gasteiger partial charge in [0, 0.05) is 22.4 Å². The van der Waals surface area contributed by atoms with Gasteiger partial charge in [-0.15, -0.1) is 16.4 Å². The van der Waals surface area contributed by atoms with Crippen LogP contribution < -0.4 is 0 Å². The van der Waals surface area contributed by atoms with Crippen LogP contribution in [-0.4, -0.2) is 20.1 Å². The predicted molar refractivity (Wildman–Crippen MR) is 66.6 cm³/mol. The van der Waals surface area contributed by atoms with Crippen LogP contribution in [0.5, 0.6) is 0 Å². The van der Waals surface area contributed by atoms with Gasteiger partial charge in [0.2, 0.25) is 0 Å². The molecule has 16 heavy (non-hydrogen) atoms. The Balaban J connectivity index is 2.46. The molecule has 0 spiro atoms. The minimum atomic E-state index is -0.681. The van der Waals surface area contributed by atoms with Crippen molar-refractivity contribution in [2.75, 3.05) is 0 Å². The Bertz CT molecular complexity index is 501. The maximum atomic E-state index is 10.3. The average molecular weight is 302 g/mol. The van der Waals surface area contributed by atoms with Crippen molar-refractivity contribution < 1.29 is 5.11 Å². The Morgan fingerprint density at radius 3 is 2.62 bits per heavy atom. The van der Waals surface area contributed by atoms with Crippen molar-refractivity contribution in [2.24, 2.45) is 7.05 Å². The zero-order chi connectivity index (χ0) is 11.9. The molecule has 0 bridgehead atoms. The van der Waals surface area contributed by atoms with Crippen LogP contribution in [0.3, 0.4) is 0 Å². The van der Waals surface area contributed by atoms with Gasteiger partial charge in [-0.05, 0) is 35.8 Å². The second-order valence-corrected chi connectivity index (χ2v) is 5.87. The van der Waals surface area contributed by atoms with Crippen LogP contribution in [0.2, 0.25) is 0 Å². The molecule has 6 heteroatoms. The first kappa shape index (κ1) is 11.8. The zero-order valence-corrected chi connectivity index (χ0v) is 11.6. The summed E-state index contributed by atoms with van der Waals surface area (Å²) in [7, 11) is 1.77. The number of aliphatic hydroxyl groups is 1. The molecule has 0 aliphatic heterocycles. The van der Waals surface area contributed by atoms with E-state index in [1.54, 1.807) is 23.1 Å². The van der Waals surface area contributed by atoms with Crippen molar-refractivity contribution in [3.05, 3.63) is 31.7 Å². The lowest BCUT2D eigenvalue weighted by molar-refractivity contribution is 0.209. The molecular weight excluding hydrogens is 290 g/mol. The summed E-state index contributed by atoms with van der Waals surface area (Å²) in [5.41, 5.74) is 1.61. The predicted octanol–water partition coefficient (Wildman–Crippen LogP) is 2.34. The van der Waals surface area contributed by atoms with Gasteiger partial charge in [-0.2, -0.15) is 0 Å². The van der Waals surface area contributed by atoms with Gasteiger partial charge in [-0.25, -0.2) is 4.68 Å². The van der Waals surface area contributed by atoms with Gasteiger partial charge in [0.15, 0.2) is 4.60 Å². The minimum absolute atomic E-state index is 0.589. The van der Waals surface area contributed by atoms with E-state index in [1.165, 1.54) is 4.88 Å². The summed E-state index contributed by atoms with van der Waals surface area (Å²) in [6, 6.07) is 2.00. The average Bonchev–Trinajstić information content (AvgIpc) is 2.70. The number of thiophene rings is 1. The molecule has 0 amide bonds. The number of halogens is 1. The van der Waals surface area contributed by atoms with Crippen LogP contribution in [0.4, 0.5) is 0 Å². The summed E-state index contributed by atoms with van der Waals surface area (Å²) in [6.07, 6.45) is -0.681. The number of hydrogen-bond donors (Lipinski definition) is 1. The maximum absolute atomic E-state index is 10.3. The minimum Gasteiger partial charge on any atom is -0.382 e. The molecule has 2 aromatic rings. The Labute approximate surface area is 106 Å². The lowest BCUT2D eigenvalue weighted by atomic mass is 10.1. The fourth-order valence-electron chi connectivity index (χ4n) is 1.70. The second-order valence-electron chi connectivity index (χ2n) is 3.66. The highest BCUT2D eigenvalue weighted by Gasteiger charge is 2.22. The molecule has 0 saturated heterocycles. The molecular formula is C10H12BrN3OS. The van der Waals surface area contributed by atoms with E-state index < -0.39 is 6.10 Å². The van der Waals surface area contributed by atoms with E-state index in [0.29, 0.717) is 10.3 Å². The summed E-state index contributed by atoms with van der Waals surface area (Å²) >= 11 is 4.98. The topological polar surface area (TPSA) is 50.9 Å². The number of aliphatic hydroxyl groups excluding tert-OH is 1. The third-order valence-electron chi connectivity index (χ3n) is 2.46. The molecule has 2 heterocycles. The number of hydrogen-bond acceptors (Lipinski definition) is 4. The first-order valence-electron chi connectivity index (χ1n) is 4.80. The van der Waals surface area contributed by atoms with Crippen LogP contribution in [0, 0.1) is 13.8 Å². The molecule has 0 fully saturated rings. The highest BCUT2D eigenvalue weighted by molar-refractivity contribution is 9.10. The van der Waals surface area contributed by atoms with Gasteiger partial charge >= 0.3 is 0 Å². The third-order valence-corrected chi connectivity index (χ3v) is 4.01. The standard InChI is InChI=1S/C10H12BrN3OS/c1-5-4-7(6(2)16-5)9(15)8-10(11)12-13-14(8)3/h4,9,15H,1-3H3. The van der Waals surface area contributed by atoms with Crippen LogP contribution in [0.15, 0.2) is 10.7 Å². The summed E-state index contributed by atoms with van der Waals surface area (Å²) in [5, 5.41) is 18.0. The van der Waals surface area contributed by atoms with Crippen molar-refractivity contribution in [3.63, 3.8) is 0 Å². The van der Waals surface area contributed by atoms with E-state index in [9.17, 15) is 5.11 Å². The second kappa shape index (κ2) is 4.27. The van der Waals surface area contributed by atoms with Gasteiger partial charge in [0.25, 0.3) is 0 Å². The number of aromatic nitrogens is 3. The van der Waals surface area contributed by atoms with Gasteiger partial charge in [-0.3, -0.25) is 0 Å². The van der Waals surface area contributed by atoms with E-state index >= 15 is 0 Å². The van der Waals surface area contributed by atoms with Crippen molar-refractivity contribution in [1.29, 1.82) is 0 Å². The van der Waals surface area contributed by atoms with E-state index in [0.717, 1.165) is 10.4 Å². The Kier molecular flexibility index (Phi) is 3.14. The van der Waals surface area contributed by atoms with Crippen molar-refractivity contribution in [1.82, 2.24) is 15.0 Å². The van der Waals surface area contributed by atoms with Gasteiger partial charge in [-0.1, -0.05) is 5.21 Å². The maximum Gasteiger partial charge on any atom is 0.154 e. The highest BCUT2D eigenvalue weighted by Crippen LogP contribution is 2.32. The normalized spacial score (nSPS) is 13.1. The SMILES string of the molecule is Cc1cc(C(O)c2c(Br)nnn2C)c(C)s1. The molecule has 0 radical (unpaired) electrons. The Morgan fingerprint density at radius 2 is 2.19 bits per heavy atom. The lowest BCUT2D eigenvalue weighted by Crippen LogP contribution is -2.07. The molecule has 2 rings (SSSR count). The number of aryl methyl sites for hydroxylation is 3. The van der Waals surface area contributed by atoms with Crippen molar-refractivity contribution in [2.45, 2.75) is 20.0 Å². The molecule has 86 valence electrons. The van der Waals surface area contributed by atoms with Crippen LogP contribution in [0.25, 0.3) is 0 Å². The smallest absolute Gasteiger partial charge is 0.154 e. The fraction of sp³-hybridized carbons (Fsp3) is 0.400. The van der Waals surface area contributed by atoms with Crippen LogP contribution in [0.1, 0.15) is 27.1 Å². The van der Waals surface area contributed by atoms with Crippen molar-refractivity contribution in [3.8, 4) is 0 Å². The Hall–Kier alpha value is -0.720. The van der Waals surface area contributed by atoms with Gasteiger partial charge < -0.3 is 5.11 Å². The molecule has 0 saturated carbocycles.